The zero-order chi connectivity index (χ0) is 17.2. The molecule has 0 aliphatic carbocycles. The molecule has 2 N–H and O–H groups in total. The minimum absolute atomic E-state index is 0. The van der Waals surface area contributed by atoms with Crippen LogP contribution in [0.3, 0.4) is 0 Å². The fourth-order valence-electron chi connectivity index (χ4n) is 2.73. The standard InChI is InChI=1S/C18H24N4O2.ClH/c1-18(2,3)15-10-17(24-21-15)20-16(23)12-22-9-8-19-11-13-6-4-5-7-14(13)22;/h4-7,10,19H,8-9,11-12H2,1-3H3,(H,20,23);1H. The van der Waals surface area contributed by atoms with Gasteiger partial charge in [0.05, 0.1) is 12.2 Å². The molecule has 2 aromatic rings. The first kappa shape index (κ1) is 19.3. The van der Waals surface area contributed by atoms with Gasteiger partial charge in [-0.25, -0.2) is 0 Å². The minimum atomic E-state index is -0.109. The summed E-state index contributed by atoms with van der Waals surface area (Å²) in [7, 11) is 0. The summed E-state index contributed by atoms with van der Waals surface area (Å²) >= 11 is 0. The van der Waals surface area contributed by atoms with E-state index in [-0.39, 0.29) is 30.3 Å². The van der Waals surface area contributed by atoms with Crippen molar-refractivity contribution in [2.24, 2.45) is 0 Å². The molecular weight excluding hydrogens is 340 g/mol. The number of carbonyl (C=O) groups is 1. The van der Waals surface area contributed by atoms with E-state index < -0.39 is 0 Å². The van der Waals surface area contributed by atoms with Crippen molar-refractivity contribution in [3.63, 3.8) is 0 Å². The highest BCUT2D eigenvalue weighted by atomic mass is 35.5. The Morgan fingerprint density at radius 3 is 2.84 bits per heavy atom. The van der Waals surface area contributed by atoms with Gasteiger partial charge < -0.3 is 14.7 Å². The predicted octanol–water partition coefficient (Wildman–Crippen LogP) is 2.94. The summed E-state index contributed by atoms with van der Waals surface area (Å²) < 4.78 is 5.23. The first-order chi connectivity index (χ1) is 11.4. The van der Waals surface area contributed by atoms with Crippen molar-refractivity contribution in [2.75, 3.05) is 29.9 Å². The maximum atomic E-state index is 12.4. The van der Waals surface area contributed by atoms with E-state index in [4.69, 9.17) is 4.52 Å². The smallest absolute Gasteiger partial charge is 0.246 e. The Balaban J connectivity index is 0.00000225. The Labute approximate surface area is 154 Å². The number of rotatable bonds is 3. The molecule has 1 aliphatic heterocycles. The lowest BCUT2D eigenvalue weighted by Crippen LogP contribution is -2.36. The molecule has 3 rings (SSSR count). The summed E-state index contributed by atoms with van der Waals surface area (Å²) in [5, 5.41) is 10.2. The fraction of sp³-hybridized carbons (Fsp3) is 0.444. The van der Waals surface area contributed by atoms with Crippen LogP contribution in [0.4, 0.5) is 11.6 Å². The highest BCUT2D eigenvalue weighted by Crippen LogP contribution is 2.24. The van der Waals surface area contributed by atoms with Crippen LogP contribution in [0.15, 0.2) is 34.9 Å². The molecule has 0 atom stereocenters. The Bertz CT molecular complexity index is 724. The van der Waals surface area contributed by atoms with Gasteiger partial charge in [0.15, 0.2) is 0 Å². The molecule has 1 aromatic heterocycles. The number of hydrogen-bond donors (Lipinski definition) is 2. The van der Waals surface area contributed by atoms with Crippen LogP contribution in [0.25, 0.3) is 0 Å². The number of hydrogen-bond acceptors (Lipinski definition) is 5. The van der Waals surface area contributed by atoms with E-state index in [0.717, 1.165) is 31.0 Å². The van der Waals surface area contributed by atoms with E-state index in [1.807, 2.05) is 12.1 Å². The van der Waals surface area contributed by atoms with Crippen molar-refractivity contribution >= 4 is 29.9 Å². The number of amides is 1. The highest BCUT2D eigenvalue weighted by Gasteiger charge is 2.21. The first-order valence-electron chi connectivity index (χ1n) is 8.24. The van der Waals surface area contributed by atoms with Gasteiger partial charge >= 0.3 is 0 Å². The zero-order valence-electron chi connectivity index (χ0n) is 14.8. The molecule has 0 bridgehead atoms. The molecule has 6 nitrogen and oxygen atoms in total. The molecule has 7 heteroatoms. The summed E-state index contributed by atoms with van der Waals surface area (Å²) in [5.41, 5.74) is 3.02. The molecule has 0 saturated carbocycles. The summed E-state index contributed by atoms with van der Waals surface area (Å²) in [6.07, 6.45) is 0. The van der Waals surface area contributed by atoms with Crippen LogP contribution in [-0.2, 0) is 16.8 Å². The van der Waals surface area contributed by atoms with Crippen molar-refractivity contribution in [1.29, 1.82) is 0 Å². The third-order valence-electron chi connectivity index (χ3n) is 4.08. The second kappa shape index (κ2) is 7.89. The first-order valence-corrected chi connectivity index (χ1v) is 8.24. The topological polar surface area (TPSA) is 70.4 Å². The third-order valence-corrected chi connectivity index (χ3v) is 4.08. The zero-order valence-corrected chi connectivity index (χ0v) is 15.7. The van der Waals surface area contributed by atoms with Gasteiger partial charge in [0.2, 0.25) is 11.8 Å². The third kappa shape index (κ3) is 4.74. The summed E-state index contributed by atoms with van der Waals surface area (Å²) in [5.74, 6) is 0.287. The number of nitrogens with zero attached hydrogens (tertiary/aromatic N) is 2. The average molecular weight is 365 g/mol. The molecule has 1 aromatic carbocycles. The van der Waals surface area contributed by atoms with E-state index in [9.17, 15) is 4.79 Å². The van der Waals surface area contributed by atoms with E-state index in [1.54, 1.807) is 6.07 Å². The number of carbonyl (C=O) groups excluding carboxylic acids is 1. The van der Waals surface area contributed by atoms with Gasteiger partial charge in [-0.2, -0.15) is 0 Å². The lowest BCUT2D eigenvalue weighted by atomic mass is 9.92. The second-order valence-electron chi connectivity index (χ2n) is 7.10. The molecule has 1 aliphatic rings. The van der Waals surface area contributed by atoms with E-state index >= 15 is 0 Å². The van der Waals surface area contributed by atoms with Crippen LogP contribution < -0.4 is 15.5 Å². The quantitative estimate of drug-likeness (QED) is 0.876. The number of halogens is 1. The molecule has 0 saturated heterocycles. The summed E-state index contributed by atoms with van der Waals surface area (Å²) in [6, 6.07) is 9.95. The van der Waals surface area contributed by atoms with Gasteiger partial charge in [-0.1, -0.05) is 44.1 Å². The van der Waals surface area contributed by atoms with Crippen LogP contribution in [0.5, 0.6) is 0 Å². The molecule has 2 heterocycles. The number of anilines is 2. The molecule has 1 amide bonds. The van der Waals surface area contributed by atoms with Gasteiger partial charge in [-0.3, -0.25) is 10.1 Å². The lowest BCUT2D eigenvalue weighted by Gasteiger charge is -2.23. The number of aromatic nitrogens is 1. The Kier molecular flexibility index (Phi) is 6.08. The number of para-hydroxylation sites is 1. The van der Waals surface area contributed by atoms with Gasteiger partial charge in [0.25, 0.3) is 0 Å². The maximum Gasteiger partial charge on any atom is 0.246 e. The molecule has 0 fully saturated rings. The molecule has 136 valence electrons. The molecule has 0 unspecified atom stereocenters. The van der Waals surface area contributed by atoms with Crippen molar-refractivity contribution in [3.8, 4) is 0 Å². The maximum absolute atomic E-state index is 12.4. The monoisotopic (exact) mass is 364 g/mol. The number of nitrogens with one attached hydrogen (secondary N) is 2. The molecular formula is C18H25ClN4O2. The molecule has 0 spiro atoms. The van der Waals surface area contributed by atoms with Gasteiger partial charge in [0, 0.05) is 36.8 Å². The van der Waals surface area contributed by atoms with Crippen molar-refractivity contribution in [3.05, 3.63) is 41.6 Å². The summed E-state index contributed by atoms with van der Waals surface area (Å²) in [6.45, 7) is 8.90. The molecule has 0 radical (unpaired) electrons. The SMILES string of the molecule is CC(C)(C)c1cc(NC(=O)CN2CCNCc3ccccc32)on1.Cl. The predicted molar refractivity (Wildman–Crippen MR) is 101 cm³/mol. The average Bonchev–Trinajstić information content (AvgIpc) is 2.90. The van der Waals surface area contributed by atoms with Crippen molar-refractivity contribution < 1.29 is 9.32 Å². The van der Waals surface area contributed by atoms with Crippen LogP contribution in [0.1, 0.15) is 32.0 Å². The highest BCUT2D eigenvalue weighted by molar-refractivity contribution is 5.93. The molecule has 25 heavy (non-hydrogen) atoms. The van der Waals surface area contributed by atoms with Gasteiger partial charge in [0.1, 0.15) is 0 Å². The second-order valence-corrected chi connectivity index (χ2v) is 7.10. The van der Waals surface area contributed by atoms with Gasteiger partial charge in [-0.15, -0.1) is 12.4 Å². The fourth-order valence-corrected chi connectivity index (χ4v) is 2.73. The van der Waals surface area contributed by atoms with E-state index in [2.05, 4.69) is 53.6 Å². The Morgan fingerprint density at radius 2 is 2.12 bits per heavy atom. The number of fused-ring (bicyclic) bond motifs is 1. The van der Waals surface area contributed by atoms with Crippen LogP contribution >= 0.6 is 12.4 Å². The van der Waals surface area contributed by atoms with Crippen LogP contribution in [-0.4, -0.2) is 30.7 Å². The van der Waals surface area contributed by atoms with Gasteiger partial charge in [-0.05, 0) is 11.6 Å². The normalized spacial score (nSPS) is 14.3. The van der Waals surface area contributed by atoms with E-state index in [1.165, 1.54) is 5.56 Å². The largest absolute Gasteiger partial charge is 0.361 e. The lowest BCUT2D eigenvalue weighted by molar-refractivity contribution is -0.115. The number of benzene rings is 1. The van der Waals surface area contributed by atoms with Crippen LogP contribution in [0.2, 0.25) is 0 Å². The van der Waals surface area contributed by atoms with Crippen molar-refractivity contribution in [1.82, 2.24) is 10.5 Å². The Morgan fingerprint density at radius 1 is 1.36 bits per heavy atom. The minimum Gasteiger partial charge on any atom is -0.361 e. The summed E-state index contributed by atoms with van der Waals surface area (Å²) in [4.78, 5) is 14.5. The van der Waals surface area contributed by atoms with Crippen molar-refractivity contribution in [2.45, 2.75) is 32.7 Å². The van der Waals surface area contributed by atoms with E-state index in [0.29, 0.717) is 5.88 Å². The van der Waals surface area contributed by atoms with Crippen LogP contribution in [0, 0.1) is 0 Å². The Hall–Kier alpha value is -2.05.